The highest BCUT2D eigenvalue weighted by molar-refractivity contribution is 6.02. The van der Waals surface area contributed by atoms with Crippen LogP contribution in [0.15, 0.2) is 47.4 Å². The number of methoxy groups -OCH3 is 3. The molecule has 28 heavy (non-hydrogen) atoms. The normalized spacial score (nSPS) is 10.4. The van der Waals surface area contributed by atoms with Crippen molar-refractivity contribution in [2.24, 2.45) is 5.73 Å². The highest BCUT2D eigenvalue weighted by atomic mass is 16.5. The summed E-state index contributed by atoms with van der Waals surface area (Å²) >= 11 is 0. The number of pyridine rings is 1. The van der Waals surface area contributed by atoms with Gasteiger partial charge in [0, 0.05) is 6.07 Å². The molecule has 2 aromatic heterocycles. The van der Waals surface area contributed by atoms with Crippen molar-refractivity contribution in [1.29, 1.82) is 0 Å². The van der Waals surface area contributed by atoms with Gasteiger partial charge in [-0.1, -0.05) is 30.3 Å². The quantitative estimate of drug-likeness (QED) is 0.685. The number of amides is 1. The number of aromatic nitrogens is 3. The third kappa shape index (κ3) is 3.25. The van der Waals surface area contributed by atoms with E-state index in [1.165, 1.54) is 38.2 Å². The number of hydrogen-bond donors (Lipinski definition) is 1. The Hall–Kier alpha value is -3.88. The summed E-state index contributed by atoms with van der Waals surface area (Å²) in [5, 5.41) is 0. The second-order valence-electron chi connectivity index (χ2n) is 5.59. The van der Waals surface area contributed by atoms with E-state index in [2.05, 4.69) is 9.97 Å². The van der Waals surface area contributed by atoms with Crippen LogP contribution < -0.4 is 25.5 Å². The Bertz CT molecular complexity index is 1080. The second kappa shape index (κ2) is 7.78. The van der Waals surface area contributed by atoms with E-state index in [9.17, 15) is 9.59 Å². The van der Waals surface area contributed by atoms with Crippen LogP contribution in [0.25, 0.3) is 16.9 Å². The van der Waals surface area contributed by atoms with Gasteiger partial charge < -0.3 is 19.9 Å². The highest BCUT2D eigenvalue weighted by Crippen LogP contribution is 2.33. The fraction of sp³-hybridized carbons (Fsp3) is 0.158. The molecule has 3 rings (SSSR count). The van der Waals surface area contributed by atoms with Gasteiger partial charge in [-0.3, -0.25) is 14.2 Å². The van der Waals surface area contributed by atoms with Crippen molar-refractivity contribution >= 4 is 5.91 Å². The molecule has 1 amide bonds. The molecule has 2 heterocycles. The lowest BCUT2D eigenvalue weighted by molar-refractivity contribution is 0.0997. The summed E-state index contributed by atoms with van der Waals surface area (Å²) < 4.78 is 16.8. The summed E-state index contributed by atoms with van der Waals surface area (Å²) in [7, 11) is 4.17. The number of nitrogens with two attached hydrogens (primary N) is 1. The number of nitrogens with zero attached hydrogens (tertiary/aromatic N) is 3. The molecule has 9 heteroatoms. The fourth-order valence-corrected chi connectivity index (χ4v) is 2.84. The van der Waals surface area contributed by atoms with Gasteiger partial charge in [-0.15, -0.1) is 0 Å². The van der Waals surface area contributed by atoms with Gasteiger partial charge in [-0.25, -0.2) is 4.98 Å². The topological polar surface area (TPSA) is 119 Å². The Morgan fingerprint density at radius 1 is 1.07 bits per heavy atom. The summed E-state index contributed by atoms with van der Waals surface area (Å²) in [5.41, 5.74) is 6.23. The van der Waals surface area contributed by atoms with Crippen molar-refractivity contribution in [3.8, 4) is 34.6 Å². The zero-order valence-electron chi connectivity index (χ0n) is 15.5. The molecule has 0 unspecified atom stereocenters. The number of rotatable bonds is 6. The second-order valence-corrected chi connectivity index (χ2v) is 5.59. The molecule has 1 aromatic carbocycles. The SMILES string of the molecule is COc1ncc(-n2c(-c3ccccc3)c(C(N)=O)c(OC)cc2=O)c(OC)n1. The largest absolute Gasteiger partial charge is 0.496 e. The van der Waals surface area contributed by atoms with Crippen LogP contribution >= 0.6 is 0 Å². The molecule has 0 atom stereocenters. The molecule has 0 bridgehead atoms. The Kier molecular flexibility index (Phi) is 5.25. The molecule has 3 aromatic rings. The lowest BCUT2D eigenvalue weighted by Gasteiger charge is -2.19. The molecule has 0 fully saturated rings. The smallest absolute Gasteiger partial charge is 0.319 e. The first kappa shape index (κ1) is 18.9. The average molecular weight is 382 g/mol. The number of benzene rings is 1. The lowest BCUT2D eigenvalue weighted by Crippen LogP contribution is -2.26. The molecule has 0 spiro atoms. The standard InChI is InChI=1S/C19H18N4O5/c1-26-13-9-14(24)23(12-10-21-19(28-3)22-18(12)27-2)16(15(13)17(20)25)11-7-5-4-6-8-11/h4-10H,1-3H3,(H2,20,25). The number of carbonyl (C=O) groups excluding carboxylic acids is 1. The molecular weight excluding hydrogens is 364 g/mol. The van der Waals surface area contributed by atoms with Crippen molar-refractivity contribution < 1.29 is 19.0 Å². The summed E-state index contributed by atoms with van der Waals surface area (Å²) in [5.74, 6) is -0.592. The first-order valence-electron chi connectivity index (χ1n) is 8.16. The van der Waals surface area contributed by atoms with Crippen LogP contribution in [0.1, 0.15) is 10.4 Å². The Morgan fingerprint density at radius 2 is 1.79 bits per heavy atom. The molecule has 2 N–H and O–H groups in total. The van der Waals surface area contributed by atoms with E-state index in [0.29, 0.717) is 5.56 Å². The zero-order chi connectivity index (χ0) is 20.3. The van der Waals surface area contributed by atoms with Crippen LogP contribution in [-0.4, -0.2) is 41.8 Å². The van der Waals surface area contributed by atoms with Crippen LogP contribution in [0.5, 0.6) is 17.6 Å². The van der Waals surface area contributed by atoms with E-state index in [-0.39, 0.29) is 34.6 Å². The molecule has 0 radical (unpaired) electrons. The van der Waals surface area contributed by atoms with Gasteiger partial charge >= 0.3 is 6.01 Å². The van der Waals surface area contributed by atoms with Crippen LogP contribution in [-0.2, 0) is 0 Å². The van der Waals surface area contributed by atoms with E-state index >= 15 is 0 Å². The summed E-state index contributed by atoms with van der Waals surface area (Å²) in [6.45, 7) is 0. The molecule has 0 saturated heterocycles. The maximum absolute atomic E-state index is 13.0. The van der Waals surface area contributed by atoms with Crippen LogP contribution in [0.4, 0.5) is 0 Å². The third-order valence-corrected chi connectivity index (χ3v) is 4.03. The summed E-state index contributed by atoms with van der Waals surface area (Å²) in [6, 6.07) is 10.1. The van der Waals surface area contributed by atoms with Gasteiger partial charge in [0.2, 0.25) is 5.88 Å². The van der Waals surface area contributed by atoms with Crippen LogP contribution in [0.3, 0.4) is 0 Å². The van der Waals surface area contributed by atoms with E-state index in [1.807, 2.05) is 6.07 Å². The molecule has 0 aliphatic heterocycles. The average Bonchev–Trinajstić information content (AvgIpc) is 2.72. The molecule has 144 valence electrons. The molecular formula is C19H18N4O5. The lowest BCUT2D eigenvalue weighted by atomic mass is 10.0. The number of primary amides is 1. The zero-order valence-corrected chi connectivity index (χ0v) is 15.5. The van der Waals surface area contributed by atoms with Gasteiger partial charge in [0.1, 0.15) is 17.0 Å². The van der Waals surface area contributed by atoms with E-state index in [0.717, 1.165) is 0 Å². The highest BCUT2D eigenvalue weighted by Gasteiger charge is 2.25. The minimum atomic E-state index is -0.752. The first-order valence-corrected chi connectivity index (χ1v) is 8.16. The molecule has 9 nitrogen and oxygen atoms in total. The van der Waals surface area contributed by atoms with Crippen molar-refractivity contribution in [3.63, 3.8) is 0 Å². The van der Waals surface area contributed by atoms with E-state index < -0.39 is 11.5 Å². The Labute approximate surface area is 160 Å². The van der Waals surface area contributed by atoms with Crippen LogP contribution in [0, 0.1) is 0 Å². The monoisotopic (exact) mass is 382 g/mol. The van der Waals surface area contributed by atoms with Crippen molar-refractivity contribution in [2.75, 3.05) is 21.3 Å². The van der Waals surface area contributed by atoms with E-state index in [1.54, 1.807) is 24.3 Å². The molecule has 0 aliphatic carbocycles. The van der Waals surface area contributed by atoms with E-state index in [4.69, 9.17) is 19.9 Å². The maximum atomic E-state index is 13.0. The maximum Gasteiger partial charge on any atom is 0.319 e. The minimum Gasteiger partial charge on any atom is -0.496 e. The minimum absolute atomic E-state index is 0.0474. The third-order valence-electron chi connectivity index (χ3n) is 4.03. The van der Waals surface area contributed by atoms with Gasteiger partial charge in [0.05, 0.1) is 33.2 Å². The predicted molar refractivity (Wildman–Crippen MR) is 101 cm³/mol. The number of carbonyl (C=O) groups is 1. The molecule has 0 saturated carbocycles. The van der Waals surface area contributed by atoms with Crippen molar-refractivity contribution in [1.82, 2.24) is 14.5 Å². The number of ether oxygens (including phenoxy) is 3. The van der Waals surface area contributed by atoms with Crippen molar-refractivity contribution in [2.45, 2.75) is 0 Å². The van der Waals surface area contributed by atoms with Gasteiger partial charge in [-0.05, 0) is 5.56 Å². The van der Waals surface area contributed by atoms with Gasteiger partial charge in [0.25, 0.3) is 11.5 Å². The van der Waals surface area contributed by atoms with Gasteiger partial charge in [0.15, 0.2) is 0 Å². The molecule has 0 aliphatic rings. The van der Waals surface area contributed by atoms with Crippen molar-refractivity contribution in [3.05, 3.63) is 58.5 Å². The predicted octanol–water partition coefficient (Wildman–Crippen LogP) is 1.42. The van der Waals surface area contributed by atoms with Crippen LogP contribution in [0.2, 0.25) is 0 Å². The first-order chi connectivity index (χ1) is 13.5. The van der Waals surface area contributed by atoms with Gasteiger partial charge in [-0.2, -0.15) is 4.98 Å². The fourth-order valence-electron chi connectivity index (χ4n) is 2.84. The summed E-state index contributed by atoms with van der Waals surface area (Å²) in [4.78, 5) is 33.4. The number of hydrogen-bond acceptors (Lipinski definition) is 7. The Morgan fingerprint density at radius 3 is 2.36 bits per heavy atom. The summed E-state index contributed by atoms with van der Waals surface area (Å²) in [6.07, 6.45) is 1.37. The Balaban J connectivity index is 2.47.